The molecule has 82 valence electrons. The van der Waals surface area contributed by atoms with E-state index < -0.39 is 0 Å². The highest BCUT2D eigenvalue weighted by Gasteiger charge is 2.36. The molecule has 2 fully saturated rings. The third kappa shape index (κ3) is 1.96. The van der Waals surface area contributed by atoms with Crippen LogP contribution in [0.4, 0.5) is 0 Å². The number of hydrogen-bond acceptors (Lipinski definition) is 2. The maximum absolute atomic E-state index is 5.76. The normalized spacial score (nSPS) is 47.8. The summed E-state index contributed by atoms with van der Waals surface area (Å²) in [6, 6.07) is 0.742. The van der Waals surface area contributed by atoms with Gasteiger partial charge in [-0.3, -0.25) is 0 Å². The molecule has 0 bridgehead atoms. The third-order valence-corrected chi connectivity index (χ3v) is 4.20. The van der Waals surface area contributed by atoms with Gasteiger partial charge in [0, 0.05) is 19.2 Å². The van der Waals surface area contributed by atoms with E-state index in [-0.39, 0.29) is 5.60 Å². The lowest BCUT2D eigenvalue weighted by molar-refractivity contribution is 0.00906. The molecule has 4 unspecified atom stereocenters. The van der Waals surface area contributed by atoms with Gasteiger partial charge >= 0.3 is 0 Å². The second-order valence-electron chi connectivity index (χ2n) is 5.46. The minimum Gasteiger partial charge on any atom is -0.374 e. The quantitative estimate of drug-likeness (QED) is 0.749. The Morgan fingerprint density at radius 2 is 2.21 bits per heavy atom. The molecule has 0 amide bonds. The van der Waals surface area contributed by atoms with Crippen LogP contribution in [0.2, 0.25) is 0 Å². The second-order valence-corrected chi connectivity index (χ2v) is 5.46. The van der Waals surface area contributed by atoms with Crippen LogP contribution in [0.3, 0.4) is 0 Å². The van der Waals surface area contributed by atoms with Crippen LogP contribution in [0.25, 0.3) is 0 Å². The van der Waals surface area contributed by atoms with Crippen LogP contribution in [0, 0.1) is 11.8 Å². The van der Waals surface area contributed by atoms with Crippen molar-refractivity contribution in [1.29, 1.82) is 0 Å². The highest BCUT2D eigenvalue weighted by Crippen LogP contribution is 2.34. The van der Waals surface area contributed by atoms with Gasteiger partial charge in [-0.15, -0.1) is 0 Å². The monoisotopic (exact) mass is 197 g/mol. The molecule has 0 aromatic rings. The van der Waals surface area contributed by atoms with E-state index >= 15 is 0 Å². The molecule has 2 aliphatic rings. The van der Waals surface area contributed by atoms with Gasteiger partial charge < -0.3 is 10.1 Å². The van der Waals surface area contributed by atoms with Crippen molar-refractivity contribution >= 4 is 0 Å². The molecule has 0 spiro atoms. The van der Waals surface area contributed by atoms with Gasteiger partial charge in [0.25, 0.3) is 0 Å². The smallest absolute Gasteiger partial charge is 0.0779 e. The summed E-state index contributed by atoms with van der Waals surface area (Å²) in [5.41, 5.74) is 0.124. The molecule has 1 saturated carbocycles. The van der Waals surface area contributed by atoms with Gasteiger partial charge in [-0.1, -0.05) is 13.8 Å². The Balaban J connectivity index is 1.72. The van der Waals surface area contributed by atoms with E-state index in [4.69, 9.17) is 4.74 Å². The Bertz CT molecular complexity index is 198. The Morgan fingerprint density at radius 3 is 2.71 bits per heavy atom. The van der Waals surface area contributed by atoms with Crippen molar-refractivity contribution in [2.45, 2.75) is 51.7 Å². The van der Waals surface area contributed by atoms with Gasteiger partial charge in [-0.25, -0.2) is 0 Å². The van der Waals surface area contributed by atoms with E-state index in [1.165, 1.54) is 19.3 Å². The Labute approximate surface area is 87.4 Å². The van der Waals surface area contributed by atoms with Crippen molar-refractivity contribution in [2.24, 2.45) is 11.8 Å². The summed E-state index contributed by atoms with van der Waals surface area (Å²) >= 11 is 0. The molecular weight excluding hydrogens is 174 g/mol. The minimum atomic E-state index is 0.124. The first-order chi connectivity index (χ1) is 6.61. The molecule has 1 heterocycles. The fourth-order valence-electron chi connectivity index (χ4n) is 2.62. The maximum Gasteiger partial charge on any atom is 0.0779 e. The Morgan fingerprint density at radius 1 is 1.43 bits per heavy atom. The maximum atomic E-state index is 5.76. The molecule has 1 saturated heterocycles. The first-order valence-electron chi connectivity index (χ1n) is 5.98. The van der Waals surface area contributed by atoms with Crippen LogP contribution in [0.5, 0.6) is 0 Å². The zero-order chi connectivity index (χ0) is 10.2. The summed E-state index contributed by atoms with van der Waals surface area (Å²) in [7, 11) is 0. The zero-order valence-corrected chi connectivity index (χ0v) is 9.68. The molecule has 2 nitrogen and oxygen atoms in total. The van der Waals surface area contributed by atoms with E-state index in [0.29, 0.717) is 0 Å². The van der Waals surface area contributed by atoms with Crippen molar-refractivity contribution in [3.8, 4) is 0 Å². The standard InChI is InChI=1S/C12H23NO/c1-9-7-11(10(9)2)13-8-12(3)5-4-6-14-12/h9-11,13H,4-8H2,1-3H3. The Hall–Kier alpha value is -0.0800. The molecule has 14 heavy (non-hydrogen) atoms. The molecular formula is C12H23NO. The van der Waals surface area contributed by atoms with Crippen LogP contribution in [0.1, 0.15) is 40.0 Å². The van der Waals surface area contributed by atoms with Gasteiger partial charge in [0.05, 0.1) is 5.60 Å². The predicted octanol–water partition coefficient (Wildman–Crippen LogP) is 2.19. The lowest BCUT2D eigenvalue weighted by Crippen LogP contribution is -2.52. The van der Waals surface area contributed by atoms with Crippen molar-refractivity contribution in [3.63, 3.8) is 0 Å². The summed E-state index contributed by atoms with van der Waals surface area (Å²) in [5, 5.41) is 3.66. The van der Waals surface area contributed by atoms with Crippen LogP contribution >= 0.6 is 0 Å². The molecule has 2 rings (SSSR count). The molecule has 1 N–H and O–H groups in total. The van der Waals surface area contributed by atoms with E-state index in [2.05, 4.69) is 26.1 Å². The zero-order valence-electron chi connectivity index (χ0n) is 9.68. The number of nitrogens with one attached hydrogen (secondary N) is 1. The summed E-state index contributed by atoms with van der Waals surface area (Å²) in [6.45, 7) is 8.92. The largest absolute Gasteiger partial charge is 0.374 e. The molecule has 0 radical (unpaired) electrons. The van der Waals surface area contributed by atoms with E-state index in [0.717, 1.165) is 31.0 Å². The average molecular weight is 197 g/mol. The van der Waals surface area contributed by atoms with Crippen molar-refractivity contribution in [3.05, 3.63) is 0 Å². The summed E-state index contributed by atoms with van der Waals surface area (Å²) < 4.78 is 5.76. The van der Waals surface area contributed by atoms with Gasteiger partial charge in [0.1, 0.15) is 0 Å². The SMILES string of the molecule is CC1CC(NCC2(C)CCCO2)C1C. The molecule has 2 heteroatoms. The van der Waals surface area contributed by atoms with Crippen LogP contribution in [0.15, 0.2) is 0 Å². The molecule has 4 atom stereocenters. The summed E-state index contributed by atoms with van der Waals surface area (Å²) in [6.07, 6.45) is 3.79. The Kier molecular flexibility index (Phi) is 2.85. The number of hydrogen-bond donors (Lipinski definition) is 1. The van der Waals surface area contributed by atoms with Gasteiger partial charge in [-0.2, -0.15) is 0 Å². The van der Waals surface area contributed by atoms with Gasteiger partial charge in [0.2, 0.25) is 0 Å². The van der Waals surface area contributed by atoms with E-state index in [9.17, 15) is 0 Å². The highest BCUT2D eigenvalue weighted by molar-refractivity contribution is 4.92. The molecule has 0 aromatic carbocycles. The minimum absolute atomic E-state index is 0.124. The number of rotatable bonds is 3. The first-order valence-corrected chi connectivity index (χ1v) is 5.98. The van der Waals surface area contributed by atoms with Crippen molar-refractivity contribution in [2.75, 3.05) is 13.2 Å². The van der Waals surface area contributed by atoms with E-state index in [1.807, 2.05) is 0 Å². The molecule has 0 aromatic heterocycles. The number of ether oxygens (including phenoxy) is 1. The van der Waals surface area contributed by atoms with Gasteiger partial charge in [-0.05, 0) is 38.0 Å². The van der Waals surface area contributed by atoms with E-state index in [1.54, 1.807) is 0 Å². The molecule has 1 aliphatic heterocycles. The highest BCUT2D eigenvalue weighted by atomic mass is 16.5. The van der Waals surface area contributed by atoms with Crippen LogP contribution in [-0.2, 0) is 4.74 Å². The lowest BCUT2D eigenvalue weighted by atomic mass is 9.71. The van der Waals surface area contributed by atoms with Crippen LogP contribution < -0.4 is 5.32 Å². The second kappa shape index (κ2) is 3.82. The fourth-order valence-corrected chi connectivity index (χ4v) is 2.62. The summed E-state index contributed by atoms with van der Waals surface area (Å²) in [5.74, 6) is 1.75. The predicted molar refractivity (Wildman–Crippen MR) is 58.3 cm³/mol. The lowest BCUT2D eigenvalue weighted by Gasteiger charge is -2.42. The average Bonchev–Trinajstić information content (AvgIpc) is 2.59. The third-order valence-electron chi connectivity index (χ3n) is 4.20. The van der Waals surface area contributed by atoms with Crippen molar-refractivity contribution < 1.29 is 4.74 Å². The molecule has 1 aliphatic carbocycles. The topological polar surface area (TPSA) is 21.3 Å². The van der Waals surface area contributed by atoms with Gasteiger partial charge in [0.15, 0.2) is 0 Å². The first kappa shape index (κ1) is 10.4. The van der Waals surface area contributed by atoms with Crippen molar-refractivity contribution in [1.82, 2.24) is 5.32 Å². The van der Waals surface area contributed by atoms with Crippen LogP contribution in [-0.4, -0.2) is 24.8 Å². The summed E-state index contributed by atoms with van der Waals surface area (Å²) in [4.78, 5) is 0. The fraction of sp³-hybridized carbons (Fsp3) is 1.00.